The first-order valence-corrected chi connectivity index (χ1v) is 8.11. The molecule has 0 N–H and O–H groups in total. The minimum Gasteiger partial charge on any atom is -0.427 e. The second-order valence-corrected chi connectivity index (χ2v) is 6.43. The minimum absolute atomic E-state index is 0.127. The second-order valence-electron chi connectivity index (χ2n) is 6.43. The van der Waals surface area contributed by atoms with E-state index in [4.69, 9.17) is 9.47 Å². The van der Waals surface area contributed by atoms with E-state index in [-0.39, 0.29) is 12.1 Å². The van der Waals surface area contributed by atoms with Crippen LogP contribution in [0.5, 0.6) is 5.75 Å². The Kier molecular flexibility index (Phi) is 4.29. The molecule has 2 fully saturated rings. The summed E-state index contributed by atoms with van der Waals surface area (Å²) < 4.78 is 11.3. The molecule has 0 aromatic heterocycles. The Balaban J connectivity index is 1.57. The fourth-order valence-electron chi connectivity index (χ4n) is 3.47. The zero-order valence-corrected chi connectivity index (χ0v) is 12.9. The molecule has 2 aliphatic heterocycles. The van der Waals surface area contributed by atoms with Crippen LogP contribution in [0, 0.1) is 5.92 Å². The van der Waals surface area contributed by atoms with Gasteiger partial charge in [0.15, 0.2) is 0 Å². The van der Waals surface area contributed by atoms with Gasteiger partial charge in [0.25, 0.3) is 0 Å². The number of hydrogen-bond donors (Lipinski definition) is 0. The van der Waals surface area contributed by atoms with E-state index in [2.05, 4.69) is 19.9 Å². The van der Waals surface area contributed by atoms with E-state index in [0.717, 1.165) is 25.7 Å². The average molecular weight is 288 g/mol. The van der Waals surface area contributed by atoms with Crippen molar-refractivity contribution in [1.29, 1.82) is 0 Å². The van der Waals surface area contributed by atoms with Gasteiger partial charge in [0.1, 0.15) is 5.75 Å². The molecular formula is C18H24O3. The Bertz CT molecular complexity index is 511. The quantitative estimate of drug-likeness (QED) is 0.605. The van der Waals surface area contributed by atoms with Crippen LogP contribution in [-0.4, -0.2) is 18.2 Å². The van der Waals surface area contributed by atoms with E-state index in [9.17, 15) is 4.79 Å². The Morgan fingerprint density at radius 2 is 2.29 bits per heavy atom. The highest BCUT2D eigenvalue weighted by Crippen LogP contribution is 2.40. The van der Waals surface area contributed by atoms with Crippen molar-refractivity contribution < 1.29 is 14.3 Å². The summed E-state index contributed by atoms with van der Waals surface area (Å²) in [6.07, 6.45) is 5.52. The molecule has 0 saturated carbocycles. The average Bonchev–Trinajstić information content (AvgIpc) is 3.09. The van der Waals surface area contributed by atoms with Crippen LogP contribution in [0.25, 0.3) is 0 Å². The SMILES string of the molecule is CCC(C)c1cccc(OC(=O)CC2CC3CCC2O3)c1. The third kappa shape index (κ3) is 3.29. The number of ether oxygens (including phenoxy) is 2. The molecule has 0 aliphatic carbocycles. The summed E-state index contributed by atoms with van der Waals surface area (Å²) in [4.78, 5) is 12.1. The molecule has 4 unspecified atom stereocenters. The first kappa shape index (κ1) is 14.6. The first-order valence-electron chi connectivity index (χ1n) is 8.11. The van der Waals surface area contributed by atoms with Crippen LogP contribution >= 0.6 is 0 Å². The zero-order chi connectivity index (χ0) is 14.8. The lowest BCUT2D eigenvalue weighted by Gasteiger charge is -2.17. The van der Waals surface area contributed by atoms with Gasteiger partial charge in [-0.3, -0.25) is 4.79 Å². The topological polar surface area (TPSA) is 35.5 Å². The standard InChI is InChI=1S/C18H24O3/c1-3-12(2)13-5-4-6-15(9-13)21-18(19)11-14-10-16-7-8-17(14)20-16/h4-6,9,12,14,16-17H,3,7-8,10-11H2,1-2H3. The molecule has 0 amide bonds. The number of rotatable bonds is 5. The third-order valence-corrected chi connectivity index (χ3v) is 4.93. The van der Waals surface area contributed by atoms with Crippen LogP contribution in [0.4, 0.5) is 0 Å². The van der Waals surface area contributed by atoms with Crippen molar-refractivity contribution in [2.45, 2.75) is 64.1 Å². The van der Waals surface area contributed by atoms with Gasteiger partial charge >= 0.3 is 5.97 Å². The minimum atomic E-state index is -0.127. The molecule has 2 bridgehead atoms. The Hall–Kier alpha value is -1.35. The molecule has 0 radical (unpaired) electrons. The Morgan fingerprint density at radius 3 is 2.95 bits per heavy atom. The molecule has 0 spiro atoms. The maximum atomic E-state index is 12.1. The highest BCUT2D eigenvalue weighted by atomic mass is 16.5. The van der Waals surface area contributed by atoms with Crippen molar-refractivity contribution in [3.05, 3.63) is 29.8 Å². The predicted molar refractivity (Wildman–Crippen MR) is 81.4 cm³/mol. The lowest BCUT2D eigenvalue weighted by Crippen LogP contribution is -2.22. The normalized spacial score (nSPS) is 28.6. The van der Waals surface area contributed by atoms with E-state index in [1.807, 2.05) is 18.2 Å². The number of hydrogen-bond acceptors (Lipinski definition) is 3. The van der Waals surface area contributed by atoms with Gasteiger partial charge in [-0.25, -0.2) is 0 Å². The highest BCUT2D eigenvalue weighted by Gasteiger charge is 2.41. The van der Waals surface area contributed by atoms with E-state index in [0.29, 0.717) is 30.1 Å². The van der Waals surface area contributed by atoms with Crippen LogP contribution in [0.15, 0.2) is 24.3 Å². The summed E-state index contributed by atoms with van der Waals surface area (Å²) >= 11 is 0. The summed E-state index contributed by atoms with van der Waals surface area (Å²) in [6, 6.07) is 7.91. The van der Waals surface area contributed by atoms with Gasteiger partial charge in [-0.1, -0.05) is 26.0 Å². The van der Waals surface area contributed by atoms with Crippen LogP contribution in [0.1, 0.15) is 57.4 Å². The summed E-state index contributed by atoms with van der Waals surface area (Å²) in [7, 11) is 0. The molecule has 2 saturated heterocycles. The van der Waals surface area contributed by atoms with Gasteiger partial charge in [-0.2, -0.15) is 0 Å². The van der Waals surface area contributed by atoms with Gasteiger partial charge in [0, 0.05) is 0 Å². The fourth-order valence-corrected chi connectivity index (χ4v) is 3.47. The van der Waals surface area contributed by atoms with Gasteiger partial charge < -0.3 is 9.47 Å². The van der Waals surface area contributed by atoms with Gasteiger partial charge in [-0.05, 0) is 55.2 Å². The van der Waals surface area contributed by atoms with E-state index < -0.39 is 0 Å². The van der Waals surface area contributed by atoms with E-state index in [1.165, 1.54) is 5.56 Å². The third-order valence-electron chi connectivity index (χ3n) is 4.93. The first-order chi connectivity index (χ1) is 10.2. The Morgan fingerprint density at radius 1 is 1.43 bits per heavy atom. The monoisotopic (exact) mass is 288 g/mol. The molecule has 3 nitrogen and oxygen atoms in total. The zero-order valence-electron chi connectivity index (χ0n) is 12.9. The number of carbonyl (C=O) groups is 1. The number of esters is 1. The van der Waals surface area contributed by atoms with Crippen molar-refractivity contribution in [2.24, 2.45) is 5.92 Å². The van der Waals surface area contributed by atoms with Crippen molar-refractivity contribution >= 4 is 5.97 Å². The van der Waals surface area contributed by atoms with Crippen molar-refractivity contribution in [1.82, 2.24) is 0 Å². The molecule has 3 heteroatoms. The van der Waals surface area contributed by atoms with Gasteiger partial charge in [0.05, 0.1) is 18.6 Å². The van der Waals surface area contributed by atoms with Gasteiger partial charge in [-0.15, -0.1) is 0 Å². The smallest absolute Gasteiger partial charge is 0.311 e. The fraction of sp³-hybridized carbons (Fsp3) is 0.611. The summed E-state index contributed by atoms with van der Waals surface area (Å²) in [5.74, 6) is 1.39. The molecule has 1 aromatic rings. The highest BCUT2D eigenvalue weighted by molar-refractivity contribution is 5.72. The summed E-state index contributed by atoms with van der Waals surface area (Å²) in [5.41, 5.74) is 1.23. The molecule has 114 valence electrons. The van der Waals surface area contributed by atoms with E-state index in [1.54, 1.807) is 0 Å². The maximum Gasteiger partial charge on any atom is 0.311 e. The second kappa shape index (κ2) is 6.18. The van der Waals surface area contributed by atoms with Crippen LogP contribution in [0.2, 0.25) is 0 Å². The molecule has 21 heavy (non-hydrogen) atoms. The summed E-state index contributed by atoms with van der Waals surface area (Å²) in [5, 5.41) is 0. The summed E-state index contributed by atoms with van der Waals surface area (Å²) in [6.45, 7) is 4.35. The largest absolute Gasteiger partial charge is 0.427 e. The van der Waals surface area contributed by atoms with Crippen LogP contribution in [-0.2, 0) is 9.53 Å². The molecule has 1 aromatic carbocycles. The molecule has 2 aliphatic rings. The van der Waals surface area contributed by atoms with Crippen molar-refractivity contribution in [3.63, 3.8) is 0 Å². The van der Waals surface area contributed by atoms with Crippen molar-refractivity contribution in [2.75, 3.05) is 0 Å². The predicted octanol–water partition coefficient (Wildman–Crippen LogP) is 4.06. The van der Waals surface area contributed by atoms with Crippen molar-refractivity contribution in [3.8, 4) is 5.75 Å². The molecular weight excluding hydrogens is 264 g/mol. The molecule has 3 rings (SSSR count). The van der Waals surface area contributed by atoms with Crippen LogP contribution in [0.3, 0.4) is 0 Å². The number of fused-ring (bicyclic) bond motifs is 2. The molecule has 2 heterocycles. The van der Waals surface area contributed by atoms with Gasteiger partial charge in [0.2, 0.25) is 0 Å². The maximum absolute atomic E-state index is 12.1. The van der Waals surface area contributed by atoms with E-state index >= 15 is 0 Å². The number of benzene rings is 1. The Labute approximate surface area is 126 Å². The lowest BCUT2D eigenvalue weighted by molar-refractivity contribution is -0.135. The lowest BCUT2D eigenvalue weighted by atomic mass is 9.87. The molecule has 4 atom stereocenters. The van der Waals surface area contributed by atoms with Crippen LogP contribution < -0.4 is 4.74 Å². The number of carbonyl (C=O) groups excluding carboxylic acids is 1.